The van der Waals surface area contributed by atoms with Crippen LogP contribution in [-0.4, -0.2) is 44.5 Å². The molecule has 0 fully saturated rings. The third-order valence-electron chi connectivity index (χ3n) is 1.84. The van der Waals surface area contributed by atoms with Crippen molar-refractivity contribution in [1.29, 1.82) is 0 Å². The van der Waals surface area contributed by atoms with E-state index in [0.717, 1.165) is 0 Å². The van der Waals surface area contributed by atoms with Crippen LogP contribution < -0.4 is 5.73 Å². The fourth-order valence-electron chi connectivity index (χ4n) is 1.02. The maximum atomic E-state index is 11.1. The molecule has 0 saturated heterocycles. The van der Waals surface area contributed by atoms with E-state index in [1.54, 1.807) is 6.92 Å². The predicted molar refractivity (Wildman–Crippen MR) is 61.1 cm³/mol. The van der Waals surface area contributed by atoms with Crippen molar-refractivity contribution in [2.75, 3.05) is 26.4 Å². The van der Waals surface area contributed by atoms with Gasteiger partial charge in [-0.1, -0.05) is 0 Å². The highest BCUT2D eigenvalue weighted by Gasteiger charge is 2.13. The zero-order valence-electron chi connectivity index (χ0n) is 10.4. The summed E-state index contributed by atoms with van der Waals surface area (Å²) >= 11 is 0. The lowest BCUT2D eigenvalue weighted by Crippen LogP contribution is -2.33. The van der Waals surface area contributed by atoms with Gasteiger partial charge in [0.1, 0.15) is 6.04 Å². The molecule has 0 saturated carbocycles. The summed E-state index contributed by atoms with van der Waals surface area (Å²) in [5.74, 6) is -0.371. The third kappa shape index (κ3) is 8.64. The average molecular weight is 233 g/mol. The van der Waals surface area contributed by atoms with Crippen molar-refractivity contribution in [2.45, 2.75) is 39.3 Å². The summed E-state index contributed by atoms with van der Waals surface area (Å²) in [6, 6.07) is -0.592. The Morgan fingerprint density at radius 2 is 1.94 bits per heavy atom. The normalized spacial score (nSPS) is 12.8. The molecular weight excluding hydrogens is 210 g/mol. The molecule has 16 heavy (non-hydrogen) atoms. The molecule has 1 unspecified atom stereocenters. The van der Waals surface area contributed by atoms with Crippen LogP contribution >= 0.6 is 0 Å². The van der Waals surface area contributed by atoms with Gasteiger partial charge in [0.25, 0.3) is 0 Å². The smallest absolute Gasteiger partial charge is 0.322 e. The highest BCUT2D eigenvalue weighted by molar-refractivity contribution is 5.75. The first-order chi connectivity index (χ1) is 7.57. The SMILES string of the molecule is CCOC(=O)C(N)CCOCCOC(C)C. The van der Waals surface area contributed by atoms with Crippen molar-refractivity contribution in [3.05, 3.63) is 0 Å². The summed E-state index contributed by atoms with van der Waals surface area (Å²) < 4.78 is 15.3. The monoisotopic (exact) mass is 233 g/mol. The first kappa shape index (κ1) is 15.3. The molecule has 0 aromatic heterocycles. The summed E-state index contributed by atoms with van der Waals surface area (Å²) in [7, 11) is 0. The largest absolute Gasteiger partial charge is 0.465 e. The van der Waals surface area contributed by atoms with Crippen molar-refractivity contribution in [3.63, 3.8) is 0 Å². The van der Waals surface area contributed by atoms with Gasteiger partial charge in [-0.3, -0.25) is 4.79 Å². The first-order valence-electron chi connectivity index (χ1n) is 5.69. The summed E-state index contributed by atoms with van der Waals surface area (Å²) in [5.41, 5.74) is 5.58. The number of carbonyl (C=O) groups is 1. The summed E-state index contributed by atoms with van der Waals surface area (Å²) in [6.07, 6.45) is 0.686. The molecule has 0 bridgehead atoms. The number of rotatable bonds is 9. The molecule has 0 radical (unpaired) electrons. The number of hydrogen-bond acceptors (Lipinski definition) is 5. The quantitative estimate of drug-likeness (QED) is 0.469. The van der Waals surface area contributed by atoms with Gasteiger partial charge in [0.2, 0.25) is 0 Å². The maximum absolute atomic E-state index is 11.1. The number of ether oxygens (including phenoxy) is 3. The minimum absolute atomic E-state index is 0.213. The molecule has 0 rings (SSSR count). The molecule has 0 aromatic rings. The topological polar surface area (TPSA) is 70.8 Å². The minimum atomic E-state index is -0.592. The predicted octanol–water partition coefficient (Wildman–Crippen LogP) is 0.709. The van der Waals surface area contributed by atoms with E-state index in [1.165, 1.54) is 0 Å². The van der Waals surface area contributed by atoms with Gasteiger partial charge in [0.15, 0.2) is 0 Å². The third-order valence-corrected chi connectivity index (χ3v) is 1.84. The van der Waals surface area contributed by atoms with Crippen molar-refractivity contribution >= 4 is 5.97 Å². The van der Waals surface area contributed by atoms with Crippen molar-refractivity contribution < 1.29 is 19.0 Å². The summed E-state index contributed by atoms with van der Waals surface area (Å²) in [6.45, 7) is 7.58. The van der Waals surface area contributed by atoms with E-state index in [9.17, 15) is 4.79 Å². The molecule has 0 heterocycles. The lowest BCUT2D eigenvalue weighted by molar-refractivity contribution is -0.145. The van der Waals surface area contributed by atoms with E-state index in [0.29, 0.717) is 32.8 Å². The zero-order chi connectivity index (χ0) is 12.4. The van der Waals surface area contributed by atoms with Crippen LogP contribution in [0.1, 0.15) is 27.2 Å². The Kier molecular flexibility index (Phi) is 9.18. The Labute approximate surface area is 97.2 Å². The van der Waals surface area contributed by atoms with Crippen LogP contribution in [0.4, 0.5) is 0 Å². The van der Waals surface area contributed by atoms with Gasteiger partial charge in [0.05, 0.1) is 25.9 Å². The summed E-state index contributed by atoms with van der Waals surface area (Å²) in [5, 5.41) is 0. The fraction of sp³-hybridized carbons (Fsp3) is 0.909. The standard InChI is InChI=1S/C11H23NO4/c1-4-15-11(13)10(12)5-6-14-7-8-16-9(2)3/h9-10H,4-8,12H2,1-3H3. The van der Waals surface area contributed by atoms with Gasteiger partial charge in [0, 0.05) is 6.61 Å². The van der Waals surface area contributed by atoms with Gasteiger partial charge in [-0.25, -0.2) is 0 Å². The molecule has 5 heteroatoms. The molecule has 0 spiro atoms. The summed E-state index contributed by atoms with van der Waals surface area (Å²) in [4.78, 5) is 11.1. The van der Waals surface area contributed by atoms with Gasteiger partial charge in [-0.05, 0) is 27.2 Å². The van der Waals surface area contributed by atoms with E-state index in [4.69, 9.17) is 19.9 Å². The molecule has 96 valence electrons. The second-order valence-electron chi connectivity index (χ2n) is 3.68. The van der Waals surface area contributed by atoms with Gasteiger partial charge >= 0.3 is 5.97 Å². The average Bonchev–Trinajstić information content (AvgIpc) is 2.22. The Morgan fingerprint density at radius 3 is 2.50 bits per heavy atom. The lowest BCUT2D eigenvalue weighted by Gasteiger charge is -2.11. The Morgan fingerprint density at radius 1 is 1.25 bits per heavy atom. The van der Waals surface area contributed by atoms with Crippen LogP contribution in [0.2, 0.25) is 0 Å². The Balaban J connectivity index is 3.34. The van der Waals surface area contributed by atoms with E-state index >= 15 is 0 Å². The van der Waals surface area contributed by atoms with Gasteiger partial charge in [-0.2, -0.15) is 0 Å². The maximum Gasteiger partial charge on any atom is 0.322 e. The molecular formula is C11H23NO4. The van der Waals surface area contributed by atoms with Crippen molar-refractivity contribution in [2.24, 2.45) is 5.73 Å². The van der Waals surface area contributed by atoms with Gasteiger partial charge in [-0.15, -0.1) is 0 Å². The molecule has 0 aliphatic carbocycles. The molecule has 5 nitrogen and oxygen atoms in total. The van der Waals surface area contributed by atoms with Crippen LogP contribution in [0.5, 0.6) is 0 Å². The number of esters is 1. The second kappa shape index (κ2) is 9.57. The van der Waals surface area contributed by atoms with Crippen molar-refractivity contribution in [1.82, 2.24) is 0 Å². The molecule has 0 aliphatic rings. The number of nitrogens with two attached hydrogens (primary N) is 1. The van der Waals surface area contributed by atoms with Crippen molar-refractivity contribution in [3.8, 4) is 0 Å². The van der Waals surface area contributed by atoms with E-state index in [2.05, 4.69) is 0 Å². The molecule has 2 N–H and O–H groups in total. The van der Waals surface area contributed by atoms with Crippen LogP contribution in [0.25, 0.3) is 0 Å². The highest BCUT2D eigenvalue weighted by atomic mass is 16.5. The Bertz CT molecular complexity index is 185. The van der Waals surface area contributed by atoms with Crippen LogP contribution in [-0.2, 0) is 19.0 Å². The second-order valence-corrected chi connectivity index (χ2v) is 3.68. The van der Waals surface area contributed by atoms with E-state index in [1.807, 2.05) is 13.8 Å². The molecule has 0 aromatic carbocycles. The van der Waals surface area contributed by atoms with E-state index in [-0.39, 0.29) is 12.1 Å². The lowest BCUT2D eigenvalue weighted by atomic mass is 10.2. The first-order valence-corrected chi connectivity index (χ1v) is 5.69. The highest BCUT2D eigenvalue weighted by Crippen LogP contribution is 1.94. The molecule has 0 aliphatic heterocycles. The number of carbonyl (C=O) groups excluding carboxylic acids is 1. The van der Waals surface area contributed by atoms with E-state index < -0.39 is 6.04 Å². The van der Waals surface area contributed by atoms with Crippen LogP contribution in [0.3, 0.4) is 0 Å². The molecule has 1 atom stereocenters. The Hall–Kier alpha value is -0.650. The number of hydrogen-bond donors (Lipinski definition) is 1. The fourth-order valence-corrected chi connectivity index (χ4v) is 1.02. The van der Waals surface area contributed by atoms with Gasteiger partial charge < -0.3 is 19.9 Å². The molecule has 0 amide bonds. The minimum Gasteiger partial charge on any atom is -0.465 e. The zero-order valence-corrected chi connectivity index (χ0v) is 10.4. The van der Waals surface area contributed by atoms with Crippen LogP contribution in [0, 0.1) is 0 Å². The van der Waals surface area contributed by atoms with Crippen LogP contribution in [0.15, 0.2) is 0 Å².